The molecule has 0 saturated carbocycles. The smallest absolute Gasteiger partial charge is 0.179 e. The zero-order chi connectivity index (χ0) is 13.9. The number of aryl methyl sites for hydroxylation is 1. The van der Waals surface area contributed by atoms with Crippen molar-refractivity contribution in [3.63, 3.8) is 0 Å². The molecule has 19 heavy (non-hydrogen) atoms. The predicted molar refractivity (Wildman–Crippen MR) is 70.5 cm³/mol. The molecule has 1 N–H and O–H groups in total. The highest BCUT2D eigenvalue weighted by atomic mass is 32.2. The number of sulfone groups is 1. The second-order valence-electron chi connectivity index (χ2n) is 4.16. The van der Waals surface area contributed by atoms with Gasteiger partial charge >= 0.3 is 0 Å². The Balaban J connectivity index is 2.06. The predicted octanol–water partition coefficient (Wildman–Crippen LogP) is 0.268. The van der Waals surface area contributed by atoms with Crippen LogP contribution in [0.15, 0.2) is 29.6 Å². The van der Waals surface area contributed by atoms with Crippen molar-refractivity contribution in [1.82, 2.24) is 19.7 Å². The molecule has 0 saturated heterocycles. The van der Waals surface area contributed by atoms with Crippen LogP contribution < -0.4 is 5.32 Å². The maximum Gasteiger partial charge on any atom is 0.179 e. The first kappa shape index (κ1) is 13.5. The van der Waals surface area contributed by atoms with Gasteiger partial charge in [0.25, 0.3) is 0 Å². The zero-order valence-corrected chi connectivity index (χ0v) is 11.6. The second kappa shape index (κ2) is 5.35. The summed E-state index contributed by atoms with van der Waals surface area (Å²) in [5, 5.41) is 10.7. The molecule has 0 amide bonds. The first-order valence-electron chi connectivity index (χ1n) is 5.70. The van der Waals surface area contributed by atoms with Crippen LogP contribution in [-0.2, 0) is 23.3 Å². The van der Waals surface area contributed by atoms with Gasteiger partial charge in [-0.3, -0.25) is 0 Å². The van der Waals surface area contributed by atoms with Crippen molar-refractivity contribution in [2.45, 2.75) is 11.3 Å². The van der Waals surface area contributed by atoms with Crippen molar-refractivity contribution in [2.24, 2.45) is 7.05 Å². The van der Waals surface area contributed by atoms with Crippen LogP contribution in [-0.4, -0.2) is 41.0 Å². The summed E-state index contributed by atoms with van der Waals surface area (Å²) in [4.78, 5) is 4.26. The Kier molecular flexibility index (Phi) is 3.79. The molecule has 2 rings (SSSR count). The van der Waals surface area contributed by atoms with Crippen LogP contribution in [0.25, 0.3) is 0 Å². The maximum atomic E-state index is 11.6. The van der Waals surface area contributed by atoms with E-state index in [0.717, 1.165) is 12.1 Å². The molecule has 0 fully saturated rings. The minimum Gasteiger partial charge on any atom is -0.369 e. The Morgan fingerprint density at radius 2 is 2.21 bits per heavy atom. The lowest BCUT2D eigenvalue weighted by molar-refractivity contribution is 0.601. The fourth-order valence-electron chi connectivity index (χ4n) is 1.65. The van der Waals surface area contributed by atoms with Gasteiger partial charge in [0.15, 0.2) is 9.84 Å². The SMILES string of the molecule is Cn1cnnc1CCNc1ncccc1S(C)(=O)=O. The van der Waals surface area contributed by atoms with Crippen LogP contribution in [0.1, 0.15) is 5.82 Å². The van der Waals surface area contributed by atoms with Gasteiger partial charge in [-0.25, -0.2) is 13.4 Å². The van der Waals surface area contributed by atoms with Crippen molar-refractivity contribution >= 4 is 15.7 Å². The van der Waals surface area contributed by atoms with Crippen molar-refractivity contribution in [3.8, 4) is 0 Å². The van der Waals surface area contributed by atoms with Gasteiger partial charge < -0.3 is 9.88 Å². The molecule has 0 spiro atoms. The lowest BCUT2D eigenvalue weighted by Gasteiger charge is -2.09. The van der Waals surface area contributed by atoms with E-state index in [1.54, 1.807) is 18.6 Å². The van der Waals surface area contributed by atoms with E-state index in [-0.39, 0.29) is 4.90 Å². The zero-order valence-electron chi connectivity index (χ0n) is 10.7. The molecular weight excluding hydrogens is 266 g/mol. The lowest BCUT2D eigenvalue weighted by Crippen LogP contribution is -2.12. The number of rotatable bonds is 5. The Hall–Kier alpha value is -1.96. The third kappa shape index (κ3) is 3.28. The Labute approximate surface area is 111 Å². The van der Waals surface area contributed by atoms with E-state index in [1.165, 1.54) is 6.07 Å². The van der Waals surface area contributed by atoms with E-state index in [9.17, 15) is 8.42 Å². The van der Waals surface area contributed by atoms with Crippen molar-refractivity contribution in [1.29, 1.82) is 0 Å². The molecule has 2 aromatic heterocycles. The number of pyridine rings is 1. The molecule has 0 aliphatic carbocycles. The van der Waals surface area contributed by atoms with Crippen LogP contribution in [0.3, 0.4) is 0 Å². The molecule has 8 heteroatoms. The van der Waals surface area contributed by atoms with Gasteiger partial charge in [-0.1, -0.05) is 0 Å². The molecule has 2 aromatic rings. The molecule has 0 unspecified atom stereocenters. The van der Waals surface area contributed by atoms with Crippen molar-refractivity contribution in [3.05, 3.63) is 30.5 Å². The summed E-state index contributed by atoms with van der Waals surface area (Å²) in [6.45, 7) is 0.534. The van der Waals surface area contributed by atoms with E-state index in [0.29, 0.717) is 18.8 Å². The molecule has 0 atom stereocenters. The average Bonchev–Trinajstić information content (AvgIpc) is 2.75. The fourth-order valence-corrected chi connectivity index (χ4v) is 2.45. The first-order valence-corrected chi connectivity index (χ1v) is 7.59. The third-order valence-electron chi connectivity index (χ3n) is 2.62. The standard InChI is InChI=1S/C11H15N5O2S/c1-16-8-14-15-10(16)5-7-13-11-9(19(2,17)18)4-3-6-12-11/h3-4,6,8H,5,7H2,1-2H3,(H,12,13). The Morgan fingerprint density at radius 3 is 2.84 bits per heavy atom. The van der Waals surface area contributed by atoms with Gasteiger partial charge in [0, 0.05) is 32.5 Å². The molecule has 2 heterocycles. The van der Waals surface area contributed by atoms with Crippen LogP contribution in [0.4, 0.5) is 5.82 Å². The van der Waals surface area contributed by atoms with E-state index in [4.69, 9.17) is 0 Å². The quantitative estimate of drug-likeness (QED) is 0.846. The van der Waals surface area contributed by atoms with Gasteiger partial charge in [0.1, 0.15) is 22.9 Å². The lowest BCUT2D eigenvalue weighted by atomic mass is 10.4. The third-order valence-corrected chi connectivity index (χ3v) is 3.74. The van der Waals surface area contributed by atoms with E-state index in [2.05, 4.69) is 20.5 Å². The van der Waals surface area contributed by atoms with Crippen molar-refractivity contribution < 1.29 is 8.42 Å². The largest absolute Gasteiger partial charge is 0.369 e. The van der Waals surface area contributed by atoms with Crippen LogP contribution in [0.5, 0.6) is 0 Å². The number of hydrogen-bond acceptors (Lipinski definition) is 6. The van der Waals surface area contributed by atoms with Gasteiger partial charge in [0.05, 0.1) is 0 Å². The van der Waals surface area contributed by atoms with Gasteiger partial charge in [-0.05, 0) is 12.1 Å². The molecule has 0 radical (unpaired) electrons. The summed E-state index contributed by atoms with van der Waals surface area (Å²) in [7, 11) is -1.42. The summed E-state index contributed by atoms with van der Waals surface area (Å²) < 4.78 is 25.0. The number of nitrogens with zero attached hydrogens (tertiary/aromatic N) is 4. The second-order valence-corrected chi connectivity index (χ2v) is 6.14. The molecule has 7 nitrogen and oxygen atoms in total. The highest BCUT2D eigenvalue weighted by Crippen LogP contribution is 2.17. The molecule has 102 valence electrons. The molecule has 0 aromatic carbocycles. The highest BCUT2D eigenvalue weighted by molar-refractivity contribution is 7.90. The van der Waals surface area contributed by atoms with Gasteiger partial charge in [-0.15, -0.1) is 10.2 Å². The van der Waals surface area contributed by atoms with Gasteiger partial charge in [-0.2, -0.15) is 0 Å². The molecule has 0 aliphatic rings. The first-order chi connectivity index (χ1) is 8.98. The van der Waals surface area contributed by atoms with Crippen LogP contribution in [0, 0.1) is 0 Å². The van der Waals surface area contributed by atoms with Gasteiger partial charge in [0.2, 0.25) is 0 Å². The summed E-state index contributed by atoms with van der Waals surface area (Å²) in [5.74, 6) is 1.19. The number of nitrogens with one attached hydrogen (secondary N) is 1. The van der Waals surface area contributed by atoms with Crippen LogP contribution in [0.2, 0.25) is 0 Å². The monoisotopic (exact) mass is 281 g/mol. The summed E-state index contributed by atoms with van der Waals surface area (Å²) in [6, 6.07) is 3.14. The van der Waals surface area contributed by atoms with E-state index < -0.39 is 9.84 Å². The average molecular weight is 281 g/mol. The van der Waals surface area contributed by atoms with Crippen LogP contribution >= 0.6 is 0 Å². The minimum atomic E-state index is -3.28. The topological polar surface area (TPSA) is 89.8 Å². The molecular formula is C11H15N5O2S. The Morgan fingerprint density at radius 1 is 1.42 bits per heavy atom. The summed E-state index contributed by atoms with van der Waals surface area (Å²) in [5.41, 5.74) is 0. The highest BCUT2D eigenvalue weighted by Gasteiger charge is 2.13. The molecule has 0 aliphatic heterocycles. The maximum absolute atomic E-state index is 11.6. The number of aromatic nitrogens is 4. The van der Waals surface area contributed by atoms with Crippen molar-refractivity contribution in [2.75, 3.05) is 18.1 Å². The molecule has 0 bridgehead atoms. The summed E-state index contributed by atoms with van der Waals surface area (Å²) >= 11 is 0. The fraction of sp³-hybridized carbons (Fsp3) is 0.364. The number of hydrogen-bond donors (Lipinski definition) is 1. The van der Waals surface area contributed by atoms with E-state index >= 15 is 0 Å². The Bertz CT molecular complexity index is 665. The minimum absolute atomic E-state index is 0.202. The normalized spacial score (nSPS) is 11.5. The summed E-state index contributed by atoms with van der Waals surface area (Å²) in [6.07, 6.45) is 4.98. The number of anilines is 1. The van der Waals surface area contributed by atoms with E-state index in [1.807, 2.05) is 11.6 Å².